The molecule has 0 aromatic heterocycles. The zero-order valence-electron chi connectivity index (χ0n) is 11.3. The lowest BCUT2D eigenvalue weighted by Crippen LogP contribution is -2.53. The van der Waals surface area contributed by atoms with E-state index in [-0.39, 0.29) is 30.6 Å². The fourth-order valence-corrected chi connectivity index (χ4v) is 2.94. The number of nitrogens with one attached hydrogen (secondary N) is 1. The fraction of sp³-hybridized carbons (Fsp3) is 0.923. The van der Waals surface area contributed by atoms with Crippen LogP contribution in [0.15, 0.2) is 0 Å². The highest BCUT2D eigenvalue weighted by atomic mass is 16.5. The Kier molecular flexibility index (Phi) is 4.59. The number of carbonyl (C=O) groups is 1. The maximum Gasteiger partial charge on any atom is 0.225 e. The minimum atomic E-state index is -0.225. The lowest BCUT2D eigenvalue weighted by molar-refractivity contribution is -0.152. The van der Waals surface area contributed by atoms with E-state index in [2.05, 4.69) is 12.2 Å². The van der Waals surface area contributed by atoms with Gasteiger partial charge in [0.15, 0.2) is 0 Å². The second-order valence-corrected chi connectivity index (χ2v) is 5.57. The number of hydrogen-bond acceptors (Lipinski definition) is 4. The lowest BCUT2D eigenvalue weighted by Gasteiger charge is -2.39. The number of nitrogens with zero attached hydrogens (tertiary/aromatic N) is 1. The fourth-order valence-electron chi connectivity index (χ4n) is 2.94. The molecule has 0 aliphatic carbocycles. The Morgan fingerprint density at radius 1 is 1.44 bits per heavy atom. The smallest absolute Gasteiger partial charge is 0.225 e. The van der Waals surface area contributed by atoms with Crippen molar-refractivity contribution in [2.24, 2.45) is 5.92 Å². The molecule has 0 radical (unpaired) electrons. The molecule has 2 aliphatic heterocycles. The van der Waals surface area contributed by atoms with Crippen LogP contribution in [0.1, 0.15) is 26.7 Å². The lowest BCUT2D eigenvalue weighted by atomic mass is 9.91. The van der Waals surface area contributed by atoms with E-state index < -0.39 is 0 Å². The number of carbonyl (C=O) groups excluding carboxylic acids is 1. The molecular weight excluding hydrogens is 232 g/mol. The van der Waals surface area contributed by atoms with E-state index in [1.165, 1.54) is 0 Å². The van der Waals surface area contributed by atoms with Crippen LogP contribution in [0.25, 0.3) is 0 Å². The van der Waals surface area contributed by atoms with Crippen LogP contribution in [0.3, 0.4) is 0 Å². The van der Waals surface area contributed by atoms with Crippen LogP contribution in [0, 0.1) is 5.92 Å². The van der Waals surface area contributed by atoms with E-state index >= 15 is 0 Å². The molecule has 5 nitrogen and oxygen atoms in total. The number of ether oxygens (including phenoxy) is 1. The first-order chi connectivity index (χ1) is 8.60. The molecule has 5 heteroatoms. The molecule has 2 aliphatic rings. The van der Waals surface area contributed by atoms with Gasteiger partial charge in [0.25, 0.3) is 0 Å². The van der Waals surface area contributed by atoms with Gasteiger partial charge in [-0.1, -0.05) is 0 Å². The quantitative estimate of drug-likeness (QED) is 0.729. The van der Waals surface area contributed by atoms with Crippen LogP contribution >= 0.6 is 0 Å². The summed E-state index contributed by atoms with van der Waals surface area (Å²) in [6, 6.07) is 0.416. The van der Waals surface area contributed by atoms with E-state index in [0.29, 0.717) is 19.1 Å². The van der Waals surface area contributed by atoms with Crippen molar-refractivity contribution in [1.82, 2.24) is 10.2 Å². The van der Waals surface area contributed by atoms with E-state index in [0.717, 1.165) is 19.4 Å². The van der Waals surface area contributed by atoms with Crippen molar-refractivity contribution in [2.45, 2.75) is 44.9 Å². The van der Waals surface area contributed by atoms with Crippen LogP contribution in [-0.2, 0) is 9.53 Å². The first-order valence-electron chi connectivity index (χ1n) is 6.88. The standard InChI is InChI=1S/C13H24N2O3/c1-9-5-11(3-4-14-9)13(17)15-6-10(2)18-12(7-15)8-16/h9-12,14,16H,3-8H2,1-2H3. The second-order valence-electron chi connectivity index (χ2n) is 5.57. The zero-order valence-corrected chi connectivity index (χ0v) is 11.3. The van der Waals surface area contributed by atoms with Gasteiger partial charge < -0.3 is 20.1 Å². The first kappa shape index (κ1) is 13.8. The maximum absolute atomic E-state index is 12.5. The summed E-state index contributed by atoms with van der Waals surface area (Å²) < 4.78 is 5.57. The predicted octanol–water partition coefficient (Wildman–Crippen LogP) is -0.0173. The number of morpholine rings is 1. The van der Waals surface area contributed by atoms with Gasteiger partial charge in [0.1, 0.15) is 0 Å². The van der Waals surface area contributed by atoms with Crippen molar-refractivity contribution >= 4 is 5.91 Å². The number of aliphatic hydroxyl groups excluding tert-OH is 1. The number of aliphatic hydroxyl groups is 1. The molecule has 2 saturated heterocycles. The summed E-state index contributed by atoms with van der Waals surface area (Å²) in [5.74, 6) is 0.364. The maximum atomic E-state index is 12.5. The minimum absolute atomic E-state index is 0.0130. The van der Waals surface area contributed by atoms with E-state index in [4.69, 9.17) is 4.74 Å². The molecule has 2 fully saturated rings. The zero-order chi connectivity index (χ0) is 13.1. The molecule has 4 atom stereocenters. The normalized spacial score (nSPS) is 37.6. The molecule has 0 saturated carbocycles. The Bertz CT molecular complexity index is 298. The molecule has 2 heterocycles. The topological polar surface area (TPSA) is 61.8 Å². The van der Waals surface area contributed by atoms with Crippen LogP contribution in [0.2, 0.25) is 0 Å². The highest BCUT2D eigenvalue weighted by Gasteiger charge is 2.33. The Labute approximate surface area is 108 Å². The highest BCUT2D eigenvalue weighted by Crippen LogP contribution is 2.21. The van der Waals surface area contributed by atoms with Crippen LogP contribution < -0.4 is 5.32 Å². The summed E-state index contributed by atoms with van der Waals surface area (Å²) in [6.07, 6.45) is 1.61. The van der Waals surface area contributed by atoms with Gasteiger partial charge >= 0.3 is 0 Å². The predicted molar refractivity (Wildman–Crippen MR) is 68.2 cm³/mol. The number of amides is 1. The van der Waals surface area contributed by atoms with E-state index in [1.54, 1.807) is 0 Å². The average Bonchev–Trinajstić information content (AvgIpc) is 2.37. The van der Waals surface area contributed by atoms with Gasteiger partial charge in [0.2, 0.25) is 5.91 Å². The van der Waals surface area contributed by atoms with Crippen molar-refractivity contribution in [3.8, 4) is 0 Å². The molecule has 0 aromatic rings. The van der Waals surface area contributed by atoms with Gasteiger partial charge in [0.05, 0.1) is 18.8 Å². The average molecular weight is 256 g/mol. The van der Waals surface area contributed by atoms with Crippen LogP contribution in [0.5, 0.6) is 0 Å². The summed E-state index contributed by atoms with van der Waals surface area (Å²) in [5.41, 5.74) is 0. The Hall–Kier alpha value is -0.650. The minimum Gasteiger partial charge on any atom is -0.394 e. The monoisotopic (exact) mass is 256 g/mol. The Balaban J connectivity index is 1.94. The van der Waals surface area contributed by atoms with Crippen LogP contribution in [0.4, 0.5) is 0 Å². The van der Waals surface area contributed by atoms with Gasteiger partial charge in [0, 0.05) is 25.0 Å². The summed E-state index contributed by atoms with van der Waals surface area (Å²) in [4.78, 5) is 14.3. The molecule has 1 amide bonds. The molecule has 4 unspecified atom stereocenters. The van der Waals surface area contributed by atoms with Crippen molar-refractivity contribution < 1.29 is 14.6 Å². The summed E-state index contributed by atoms with van der Waals surface area (Å²) >= 11 is 0. The second kappa shape index (κ2) is 5.99. The SMILES string of the molecule is CC1CC(C(=O)N2CC(C)OC(CO)C2)CCN1. The third-order valence-corrected chi connectivity index (χ3v) is 3.81. The van der Waals surface area contributed by atoms with Gasteiger partial charge in [-0.3, -0.25) is 4.79 Å². The molecule has 0 aromatic carbocycles. The number of rotatable bonds is 2. The molecule has 0 bridgehead atoms. The van der Waals surface area contributed by atoms with Crippen LogP contribution in [-0.4, -0.2) is 60.4 Å². The van der Waals surface area contributed by atoms with Gasteiger partial charge in [-0.05, 0) is 33.2 Å². The third kappa shape index (κ3) is 3.22. The Morgan fingerprint density at radius 3 is 2.89 bits per heavy atom. The summed E-state index contributed by atoms with van der Waals surface area (Å²) in [7, 11) is 0. The van der Waals surface area contributed by atoms with Gasteiger partial charge in [-0.25, -0.2) is 0 Å². The van der Waals surface area contributed by atoms with Crippen molar-refractivity contribution in [2.75, 3.05) is 26.2 Å². The largest absolute Gasteiger partial charge is 0.394 e. The molecule has 104 valence electrons. The molecule has 2 rings (SSSR count). The first-order valence-corrected chi connectivity index (χ1v) is 6.88. The van der Waals surface area contributed by atoms with E-state index in [1.807, 2.05) is 11.8 Å². The molecule has 2 N–H and O–H groups in total. The van der Waals surface area contributed by atoms with Gasteiger partial charge in [-0.2, -0.15) is 0 Å². The van der Waals surface area contributed by atoms with Crippen molar-refractivity contribution in [3.05, 3.63) is 0 Å². The number of piperidine rings is 1. The summed E-state index contributed by atoms with van der Waals surface area (Å²) in [5, 5.41) is 12.6. The molecular formula is C13H24N2O3. The number of hydrogen-bond donors (Lipinski definition) is 2. The molecule has 0 spiro atoms. The van der Waals surface area contributed by atoms with Crippen molar-refractivity contribution in [3.63, 3.8) is 0 Å². The van der Waals surface area contributed by atoms with Crippen molar-refractivity contribution in [1.29, 1.82) is 0 Å². The highest BCUT2D eigenvalue weighted by molar-refractivity contribution is 5.79. The third-order valence-electron chi connectivity index (χ3n) is 3.81. The van der Waals surface area contributed by atoms with Gasteiger partial charge in [-0.15, -0.1) is 0 Å². The summed E-state index contributed by atoms with van der Waals surface area (Å²) in [6.45, 7) is 6.15. The molecule has 18 heavy (non-hydrogen) atoms. The van der Waals surface area contributed by atoms with E-state index in [9.17, 15) is 9.90 Å². The Morgan fingerprint density at radius 2 is 2.22 bits per heavy atom.